The maximum Gasteiger partial charge on any atom is 0.289 e. The minimum atomic E-state index is -0.0455. The number of likely N-dealkylation sites (tertiary alicyclic amines) is 1. The molecule has 2 heterocycles. The third kappa shape index (κ3) is 2.41. The monoisotopic (exact) mass is 292 g/mol. The lowest BCUT2D eigenvalue weighted by Crippen LogP contribution is -2.30. The summed E-state index contributed by atoms with van der Waals surface area (Å²) in [5.74, 6) is 0.853. The van der Waals surface area contributed by atoms with Crippen LogP contribution in [0.15, 0.2) is 28.7 Å². The number of furan rings is 1. The van der Waals surface area contributed by atoms with Crippen LogP contribution in [0.3, 0.4) is 0 Å². The molecular weight excluding hydrogens is 276 g/mol. The highest BCUT2D eigenvalue weighted by molar-refractivity contribution is 6.34. The fraction of sp³-hybridized carbons (Fsp3) is 0.400. The van der Waals surface area contributed by atoms with Crippen molar-refractivity contribution in [2.45, 2.75) is 6.42 Å². The van der Waals surface area contributed by atoms with Crippen LogP contribution in [0.25, 0.3) is 11.0 Å². The van der Waals surface area contributed by atoms with Crippen molar-refractivity contribution in [3.63, 3.8) is 0 Å². The summed E-state index contributed by atoms with van der Waals surface area (Å²) >= 11 is 6.07. The molecule has 2 aromatic rings. The zero-order valence-electron chi connectivity index (χ0n) is 11.4. The number of fused-ring (bicyclic) bond motifs is 1. The van der Waals surface area contributed by atoms with E-state index in [2.05, 4.69) is 5.32 Å². The van der Waals surface area contributed by atoms with E-state index < -0.39 is 0 Å². The van der Waals surface area contributed by atoms with Gasteiger partial charge in [0.15, 0.2) is 11.3 Å². The molecule has 4 nitrogen and oxygen atoms in total. The van der Waals surface area contributed by atoms with E-state index in [1.54, 1.807) is 12.1 Å². The van der Waals surface area contributed by atoms with E-state index in [0.717, 1.165) is 31.4 Å². The first kappa shape index (κ1) is 13.5. The number of carbonyl (C=O) groups excluding carboxylic acids is 1. The fourth-order valence-corrected chi connectivity index (χ4v) is 2.98. The van der Waals surface area contributed by atoms with E-state index in [1.807, 2.05) is 24.1 Å². The van der Waals surface area contributed by atoms with Crippen LogP contribution in [0.5, 0.6) is 0 Å². The lowest BCUT2D eigenvalue weighted by molar-refractivity contribution is 0.0758. The maximum absolute atomic E-state index is 12.4. The largest absolute Gasteiger partial charge is 0.449 e. The summed E-state index contributed by atoms with van der Waals surface area (Å²) in [5.41, 5.74) is 0.587. The number of nitrogens with one attached hydrogen (secondary N) is 1. The molecule has 1 aromatic carbocycles. The quantitative estimate of drug-likeness (QED) is 0.946. The van der Waals surface area contributed by atoms with E-state index in [1.165, 1.54) is 0 Å². The lowest BCUT2D eigenvalue weighted by atomic mass is 10.1. The Bertz CT molecular complexity index is 638. The van der Waals surface area contributed by atoms with Crippen molar-refractivity contribution in [1.82, 2.24) is 10.2 Å². The molecule has 0 spiro atoms. The van der Waals surface area contributed by atoms with Crippen molar-refractivity contribution in [3.8, 4) is 0 Å². The van der Waals surface area contributed by atoms with Crippen LogP contribution in [0.2, 0.25) is 5.02 Å². The van der Waals surface area contributed by atoms with Crippen molar-refractivity contribution in [3.05, 3.63) is 35.0 Å². The molecule has 1 aliphatic heterocycles. The molecule has 0 aliphatic carbocycles. The average Bonchev–Trinajstić information content (AvgIpc) is 3.05. The Hall–Kier alpha value is -1.52. The number of hydrogen-bond acceptors (Lipinski definition) is 3. The SMILES string of the molecule is CNC[C@@H]1CCN(C(=O)c2cc3cccc(Cl)c3o2)C1. The third-order valence-electron chi connectivity index (χ3n) is 3.77. The highest BCUT2D eigenvalue weighted by atomic mass is 35.5. The molecule has 20 heavy (non-hydrogen) atoms. The second-order valence-electron chi connectivity index (χ2n) is 5.23. The average molecular weight is 293 g/mol. The maximum atomic E-state index is 12.4. The normalized spacial score (nSPS) is 18.9. The van der Waals surface area contributed by atoms with E-state index in [4.69, 9.17) is 16.0 Å². The summed E-state index contributed by atoms with van der Waals surface area (Å²) in [6, 6.07) is 7.29. The summed E-state index contributed by atoms with van der Waals surface area (Å²) in [6.07, 6.45) is 1.04. The van der Waals surface area contributed by atoms with Crippen molar-refractivity contribution < 1.29 is 9.21 Å². The predicted octanol–water partition coefficient (Wildman–Crippen LogP) is 2.77. The zero-order valence-corrected chi connectivity index (χ0v) is 12.1. The van der Waals surface area contributed by atoms with Crippen LogP contribution in [0.4, 0.5) is 0 Å². The number of para-hydroxylation sites is 1. The first-order chi connectivity index (χ1) is 9.69. The predicted molar refractivity (Wildman–Crippen MR) is 79.2 cm³/mol. The van der Waals surface area contributed by atoms with Gasteiger partial charge in [-0.05, 0) is 38.1 Å². The molecule has 0 radical (unpaired) electrons. The van der Waals surface area contributed by atoms with Crippen LogP contribution in [0.1, 0.15) is 17.0 Å². The Morgan fingerprint density at radius 1 is 1.55 bits per heavy atom. The summed E-state index contributed by atoms with van der Waals surface area (Å²) in [7, 11) is 1.94. The molecule has 0 saturated carbocycles. The fourth-order valence-electron chi connectivity index (χ4n) is 2.76. The molecule has 1 saturated heterocycles. The minimum Gasteiger partial charge on any atom is -0.449 e. The number of hydrogen-bond donors (Lipinski definition) is 1. The summed E-state index contributed by atoms with van der Waals surface area (Å²) in [5, 5.41) is 4.56. The van der Waals surface area contributed by atoms with Gasteiger partial charge in [0.05, 0.1) is 5.02 Å². The van der Waals surface area contributed by atoms with Gasteiger partial charge in [0.1, 0.15) is 0 Å². The Morgan fingerprint density at radius 3 is 3.15 bits per heavy atom. The van der Waals surface area contributed by atoms with Gasteiger partial charge in [0.2, 0.25) is 0 Å². The molecule has 1 N–H and O–H groups in total. The van der Waals surface area contributed by atoms with Gasteiger partial charge >= 0.3 is 0 Å². The number of carbonyl (C=O) groups is 1. The number of nitrogens with zero attached hydrogens (tertiary/aromatic N) is 1. The van der Waals surface area contributed by atoms with Crippen LogP contribution >= 0.6 is 11.6 Å². The van der Waals surface area contributed by atoms with E-state index >= 15 is 0 Å². The van der Waals surface area contributed by atoms with Gasteiger partial charge in [-0.2, -0.15) is 0 Å². The standard InChI is InChI=1S/C15H17ClN2O2/c1-17-8-10-5-6-18(9-10)15(19)13-7-11-3-2-4-12(16)14(11)20-13/h2-4,7,10,17H,5-6,8-9H2,1H3/t10-/m0/s1. The van der Waals surface area contributed by atoms with Crippen molar-refractivity contribution in [2.24, 2.45) is 5.92 Å². The molecule has 5 heteroatoms. The highest BCUT2D eigenvalue weighted by Gasteiger charge is 2.28. The van der Waals surface area contributed by atoms with Gasteiger partial charge in [0.25, 0.3) is 5.91 Å². The topological polar surface area (TPSA) is 45.5 Å². The van der Waals surface area contributed by atoms with Gasteiger partial charge in [-0.3, -0.25) is 4.79 Å². The molecule has 3 rings (SSSR count). The molecule has 1 atom stereocenters. The Balaban J connectivity index is 1.81. The van der Waals surface area contributed by atoms with Crippen molar-refractivity contribution in [1.29, 1.82) is 0 Å². The minimum absolute atomic E-state index is 0.0455. The Morgan fingerprint density at radius 2 is 2.40 bits per heavy atom. The number of rotatable bonds is 3. The molecule has 106 valence electrons. The Labute approximate surface area is 122 Å². The molecule has 1 aromatic heterocycles. The lowest BCUT2D eigenvalue weighted by Gasteiger charge is -2.14. The third-order valence-corrected chi connectivity index (χ3v) is 4.07. The molecular formula is C15H17ClN2O2. The second kappa shape index (κ2) is 5.46. The molecule has 0 bridgehead atoms. The molecule has 1 aliphatic rings. The number of halogens is 1. The van der Waals surface area contributed by atoms with E-state index in [0.29, 0.717) is 22.3 Å². The van der Waals surface area contributed by atoms with Gasteiger partial charge < -0.3 is 14.6 Å². The first-order valence-electron chi connectivity index (χ1n) is 6.81. The smallest absolute Gasteiger partial charge is 0.289 e. The second-order valence-corrected chi connectivity index (χ2v) is 5.64. The molecule has 1 fully saturated rings. The van der Waals surface area contributed by atoms with Crippen LogP contribution < -0.4 is 5.32 Å². The van der Waals surface area contributed by atoms with E-state index in [-0.39, 0.29) is 5.91 Å². The van der Waals surface area contributed by atoms with E-state index in [9.17, 15) is 4.79 Å². The number of benzene rings is 1. The summed E-state index contributed by atoms with van der Waals surface area (Å²) < 4.78 is 5.63. The van der Waals surface area contributed by atoms with Gasteiger partial charge in [-0.15, -0.1) is 0 Å². The first-order valence-corrected chi connectivity index (χ1v) is 7.19. The number of amides is 1. The van der Waals surface area contributed by atoms with Gasteiger partial charge in [0, 0.05) is 18.5 Å². The van der Waals surface area contributed by atoms with Crippen LogP contribution in [-0.2, 0) is 0 Å². The summed E-state index contributed by atoms with van der Waals surface area (Å²) in [4.78, 5) is 14.3. The Kier molecular flexibility index (Phi) is 3.68. The molecule has 0 unspecified atom stereocenters. The van der Waals surface area contributed by atoms with Gasteiger partial charge in [-0.1, -0.05) is 23.7 Å². The van der Waals surface area contributed by atoms with Crippen molar-refractivity contribution >= 4 is 28.5 Å². The zero-order chi connectivity index (χ0) is 14.1. The van der Waals surface area contributed by atoms with Crippen LogP contribution in [-0.4, -0.2) is 37.5 Å². The van der Waals surface area contributed by atoms with Gasteiger partial charge in [-0.25, -0.2) is 0 Å². The highest BCUT2D eigenvalue weighted by Crippen LogP contribution is 2.28. The summed E-state index contributed by atoms with van der Waals surface area (Å²) in [6.45, 7) is 2.51. The van der Waals surface area contributed by atoms with Crippen LogP contribution in [0, 0.1) is 5.92 Å². The van der Waals surface area contributed by atoms with Crippen molar-refractivity contribution in [2.75, 3.05) is 26.7 Å². The molecule has 1 amide bonds.